The molecule has 1 aromatic carbocycles. The average Bonchev–Trinajstić information content (AvgIpc) is 3.01. The smallest absolute Gasteiger partial charge is 0.297 e. The highest BCUT2D eigenvalue weighted by Crippen LogP contribution is 2.47. The summed E-state index contributed by atoms with van der Waals surface area (Å²) in [5, 5.41) is 11.6. The Morgan fingerprint density at radius 3 is 2.52 bits per heavy atom. The molecule has 0 aromatic heterocycles. The van der Waals surface area contributed by atoms with E-state index in [1.165, 1.54) is 6.07 Å². The molecule has 1 saturated carbocycles. The lowest BCUT2D eigenvalue weighted by Gasteiger charge is -2.45. The number of benzene rings is 1. The molecule has 0 saturated heterocycles. The number of aliphatic imine (C=N–C) groups is 2. The van der Waals surface area contributed by atoms with Crippen LogP contribution in [0.5, 0.6) is 11.5 Å². The van der Waals surface area contributed by atoms with Gasteiger partial charge in [-0.05, 0) is 25.7 Å². The third-order valence-electron chi connectivity index (χ3n) is 4.76. The number of anilines is 1. The Labute approximate surface area is 143 Å². The van der Waals surface area contributed by atoms with Crippen molar-refractivity contribution in [3.8, 4) is 11.5 Å². The molecule has 0 bridgehead atoms. The number of hydrogen-bond donors (Lipinski definition) is 2. The van der Waals surface area contributed by atoms with Crippen LogP contribution in [0.4, 0.5) is 11.4 Å². The molecule has 1 aromatic rings. The molecule has 0 radical (unpaired) electrons. The standard InChI is InChI=1S/C15H18N6O4/c16-13-18-14(17)20(15(19-13)4-2-1-3-5-15)9-6-11-12(25-8-24-11)7-10(9)21(22)23/h6-7H,1-5,8H2,(H4,16,17,18,19). The predicted molar refractivity (Wildman–Crippen MR) is 90.8 cm³/mol. The topological polar surface area (TPSA) is 142 Å². The van der Waals surface area contributed by atoms with E-state index in [1.54, 1.807) is 11.0 Å². The van der Waals surface area contributed by atoms with E-state index < -0.39 is 10.6 Å². The average molecular weight is 346 g/mol. The molecule has 4 N–H and O–H groups in total. The van der Waals surface area contributed by atoms with Crippen LogP contribution in [0.1, 0.15) is 32.1 Å². The molecule has 25 heavy (non-hydrogen) atoms. The number of fused-ring (bicyclic) bond motifs is 1. The molecule has 0 atom stereocenters. The van der Waals surface area contributed by atoms with Crippen LogP contribution >= 0.6 is 0 Å². The number of hydrogen-bond acceptors (Lipinski definition) is 9. The van der Waals surface area contributed by atoms with Crippen LogP contribution < -0.4 is 25.8 Å². The fourth-order valence-electron chi connectivity index (χ4n) is 3.72. The zero-order chi connectivity index (χ0) is 17.6. The summed E-state index contributed by atoms with van der Waals surface area (Å²) in [4.78, 5) is 21.4. The van der Waals surface area contributed by atoms with E-state index in [0.717, 1.165) is 19.3 Å². The molecule has 1 spiro atoms. The van der Waals surface area contributed by atoms with Gasteiger partial charge in [0.1, 0.15) is 11.4 Å². The summed E-state index contributed by atoms with van der Waals surface area (Å²) in [6.45, 7) is 0.0236. The molecule has 0 amide bonds. The molecular weight excluding hydrogens is 328 g/mol. The van der Waals surface area contributed by atoms with E-state index in [-0.39, 0.29) is 30.1 Å². The zero-order valence-electron chi connectivity index (χ0n) is 13.5. The van der Waals surface area contributed by atoms with Gasteiger partial charge in [0.15, 0.2) is 11.5 Å². The number of guanidine groups is 2. The molecular formula is C15H18N6O4. The Kier molecular flexibility index (Phi) is 3.41. The van der Waals surface area contributed by atoms with E-state index in [0.29, 0.717) is 24.3 Å². The maximum absolute atomic E-state index is 11.6. The fraction of sp³-hybridized carbons (Fsp3) is 0.467. The third kappa shape index (κ3) is 2.41. The van der Waals surface area contributed by atoms with Crippen LogP contribution in [0.2, 0.25) is 0 Å². The summed E-state index contributed by atoms with van der Waals surface area (Å²) in [5.41, 5.74) is 11.4. The van der Waals surface area contributed by atoms with Crippen molar-refractivity contribution >= 4 is 23.3 Å². The first-order valence-corrected chi connectivity index (χ1v) is 8.08. The minimum absolute atomic E-state index is 0.0236. The van der Waals surface area contributed by atoms with Crippen LogP contribution in [0, 0.1) is 10.1 Å². The predicted octanol–water partition coefficient (Wildman–Crippen LogP) is 1.43. The van der Waals surface area contributed by atoms with Gasteiger partial charge in [-0.15, -0.1) is 0 Å². The largest absolute Gasteiger partial charge is 0.454 e. The number of ether oxygens (including phenoxy) is 2. The van der Waals surface area contributed by atoms with Gasteiger partial charge in [-0.2, -0.15) is 4.99 Å². The Morgan fingerprint density at radius 1 is 1.16 bits per heavy atom. The van der Waals surface area contributed by atoms with Gasteiger partial charge in [0, 0.05) is 6.07 Å². The van der Waals surface area contributed by atoms with Gasteiger partial charge >= 0.3 is 0 Å². The summed E-state index contributed by atoms with van der Waals surface area (Å²) in [6, 6.07) is 2.92. The highest BCUT2D eigenvalue weighted by molar-refractivity contribution is 6.07. The Balaban J connectivity index is 1.89. The van der Waals surface area contributed by atoms with Crippen molar-refractivity contribution in [2.24, 2.45) is 21.5 Å². The van der Waals surface area contributed by atoms with Gasteiger partial charge in [0.2, 0.25) is 18.7 Å². The molecule has 2 aliphatic heterocycles. The second kappa shape index (κ2) is 5.50. The molecule has 0 unspecified atom stereocenters. The fourth-order valence-corrected chi connectivity index (χ4v) is 3.72. The number of nitro groups is 1. The summed E-state index contributed by atoms with van der Waals surface area (Å²) < 4.78 is 10.6. The van der Waals surface area contributed by atoms with E-state index in [9.17, 15) is 10.1 Å². The van der Waals surface area contributed by atoms with Gasteiger partial charge in [0.05, 0.1) is 11.0 Å². The van der Waals surface area contributed by atoms with Crippen molar-refractivity contribution in [2.45, 2.75) is 37.8 Å². The first-order valence-electron chi connectivity index (χ1n) is 8.08. The van der Waals surface area contributed by atoms with Crippen LogP contribution in [0.15, 0.2) is 22.1 Å². The van der Waals surface area contributed by atoms with Crippen molar-refractivity contribution in [3.63, 3.8) is 0 Å². The summed E-state index contributed by atoms with van der Waals surface area (Å²) in [6.07, 6.45) is 4.31. The van der Waals surface area contributed by atoms with Gasteiger partial charge < -0.3 is 20.9 Å². The van der Waals surface area contributed by atoms with Gasteiger partial charge in [-0.3, -0.25) is 15.0 Å². The molecule has 10 heteroatoms. The Hall–Kier alpha value is -3.04. The molecule has 2 heterocycles. The van der Waals surface area contributed by atoms with Gasteiger partial charge in [-0.25, -0.2) is 4.99 Å². The van der Waals surface area contributed by atoms with E-state index in [1.807, 2.05) is 0 Å². The van der Waals surface area contributed by atoms with E-state index >= 15 is 0 Å². The second-order valence-corrected chi connectivity index (χ2v) is 6.27. The van der Waals surface area contributed by atoms with Crippen molar-refractivity contribution < 1.29 is 14.4 Å². The zero-order valence-corrected chi connectivity index (χ0v) is 13.5. The van der Waals surface area contributed by atoms with Crippen molar-refractivity contribution in [1.82, 2.24) is 0 Å². The second-order valence-electron chi connectivity index (χ2n) is 6.27. The molecule has 3 aliphatic rings. The number of nitrogens with two attached hydrogens (primary N) is 2. The normalized spacial score (nSPS) is 21.0. The number of nitro benzene ring substituents is 1. The van der Waals surface area contributed by atoms with Crippen molar-refractivity contribution in [2.75, 3.05) is 11.7 Å². The maximum Gasteiger partial charge on any atom is 0.297 e. The quantitative estimate of drug-likeness (QED) is 0.609. The highest BCUT2D eigenvalue weighted by atomic mass is 16.7. The van der Waals surface area contributed by atoms with E-state index in [4.69, 9.17) is 20.9 Å². The molecule has 1 aliphatic carbocycles. The lowest BCUT2D eigenvalue weighted by molar-refractivity contribution is -0.384. The van der Waals surface area contributed by atoms with Crippen LogP contribution in [-0.4, -0.2) is 29.3 Å². The summed E-state index contributed by atoms with van der Waals surface area (Å²) in [7, 11) is 0. The van der Waals surface area contributed by atoms with Crippen LogP contribution in [-0.2, 0) is 0 Å². The molecule has 4 rings (SSSR count). The Morgan fingerprint density at radius 2 is 1.84 bits per heavy atom. The number of nitrogens with zero attached hydrogens (tertiary/aromatic N) is 4. The highest BCUT2D eigenvalue weighted by Gasteiger charge is 2.45. The monoisotopic (exact) mass is 346 g/mol. The molecule has 1 fully saturated rings. The minimum atomic E-state index is -0.757. The van der Waals surface area contributed by atoms with Gasteiger partial charge in [0.25, 0.3) is 5.69 Å². The van der Waals surface area contributed by atoms with Crippen molar-refractivity contribution in [3.05, 3.63) is 22.2 Å². The molecule has 132 valence electrons. The Bertz CT molecular complexity index is 799. The number of rotatable bonds is 2. The third-order valence-corrected chi connectivity index (χ3v) is 4.76. The molecule has 10 nitrogen and oxygen atoms in total. The summed E-state index contributed by atoms with van der Waals surface area (Å²) >= 11 is 0. The SMILES string of the molecule is NC1=NC2(CCCCC2)N(c2cc3c(cc2[N+](=O)[O-])OCO3)C(N)=N1. The minimum Gasteiger partial charge on any atom is -0.454 e. The maximum atomic E-state index is 11.6. The lowest BCUT2D eigenvalue weighted by Crippen LogP contribution is -2.58. The summed E-state index contributed by atoms with van der Waals surface area (Å²) in [5.74, 6) is 0.959. The lowest BCUT2D eigenvalue weighted by atomic mass is 9.87. The van der Waals surface area contributed by atoms with Crippen LogP contribution in [0.3, 0.4) is 0 Å². The van der Waals surface area contributed by atoms with Crippen LogP contribution in [0.25, 0.3) is 0 Å². The van der Waals surface area contributed by atoms with Crippen molar-refractivity contribution in [1.29, 1.82) is 0 Å². The van der Waals surface area contributed by atoms with Gasteiger partial charge in [-0.1, -0.05) is 6.42 Å². The first kappa shape index (κ1) is 15.5. The first-order chi connectivity index (χ1) is 12.0. The van der Waals surface area contributed by atoms with E-state index in [2.05, 4.69) is 9.98 Å².